The molecule has 0 aromatic carbocycles. The maximum Gasteiger partial charge on any atom is 0.472 e. The van der Waals surface area contributed by atoms with Gasteiger partial charge in [0.05, 0.1) is 25.9 Å². The van der Waals surface area contributed by atoms with E-state index >= 15 is 0 Å². The van der Waals surface area contributed by atoms with Gasteiger partial charge in [0.1, 0.15) is 12.7 Å². The second-order valence-corrected chi connectivity index (χ2v) is 14.4. The Bertz CT molecular complexity index is 1010. The van der Waals surface area contributed by atoms with Crippen LogP contribution in [-0.4, -0.2) is 76.9 Å². The van der Waals surface area contributed by atoms with E-state index in [-0.39, 0.29) is 12.8 Å². The SMILES string of the molecule is CCCCC/C=C\C/C=C\C/C=C\C=C\[C@@H](O)CCCC(=O)OC[C@H](COP(=O)(O)OC[C@@H](O)CO)OC(=O)CCCCCCCCC(C)C. The van der Waals surface area contributed by atoms with Gasteiger partial charge in [-0.2, -0.15) is 0 Å². The highest BCUT2D eigenvalue weighted by atomic mass is 31.2. The van der Waals surface area contributed by atoms with Gasteiger partial charge in [0.2, 0.25) is 0 Å². The molecule has 0 amide bonds. The van der Waals surface area contributed by atoms with Gasteiger partial charge in [-0.3, -0.25) is 18.6 Å². The Kier molecular flexibility index (Phi) is 31.4. The summed E-state index contributed by atoms with van der Waals surface area (Å²) in [7, 11) is -4.65. The molecule has 0 aliphatic heterocycles. The molecule has 0 heterocycles. The first-order chi connectivity index (χ1) is 24.0. The highest BCUT2D eigenvalue weighted by Gasteiger charge is 2.27. The minimum absolute atomic E-state index is 0.0118. The van der Waals surface area contributed by atoms with Gasteiger partial charge in [0, 0.05) is 12.8 Å². The fourth-order valence-electron chi connectivity index (χ4n) is 4.57. The van der Waals surface area contributed by atoms with Crippen molar-refractivity contribution < 1.29 is 52.9 Å². The van der Waals surface area contributed by atoms with Crippen LogP contribution in [0, 0.1) is 5.92 Å². The monoisotopic (exact) mass is 730 g/mol. The Morgan fingerprint density at radius 3 is 2.06 bits per heavy atom. The topological polar surface area (TPSA) is 169 Å². The average molecular weight is 731 g/mol. The van der Waals surface area contributed by atoms with Crippen LogP contribution in [-0.2, 0) is 32.7 Å². The number of carbonyl (C=O) groups is 2. The molecule has 290 valence electrons. The number of allylic oxidation sites excluding steroid dienone is 7. The largest absolute Gasteiger partial charge is 0.472 e. The van der Waals surface area contributed by atoms with Crippen LogP contribution in [0.1, 0.15) is 130 Å². The third-order valence-electron chi connectivity index (χ3n) is 7.52. The number of phosphoric ester groups is 1. The van der Waals surface area contributed by atoms with Crippen LogP contribution in [0.15, 0.2) is 48.6 Å². The first kappa shape index (κ1) is 47.9. The summed E-state index contributed by atoms with van der Waals surface area (Å²) in [6, 6.07) is 0. The lowest BCUT2D eigenvalue weighted by molar-refractivity contribution is -0.161. The van der Waals surface area contributed by atoms with Crippen LogP contribution in [0.25, 0.3) is 0 Å². The highest BCUT2D eigenvalue weighted by Crippen LogP contribution is 2.43. The van der Waals surface area contributed by atoms with Crippen molar-refractivity contribution in [1.82, 2.24) is 0 Å². The second kappa shape index (κ2) is 32.8. The molecule has 11 nitrogen and oxygen atoms in total. The van der Waals surface area contributed by atoms with Gasteiger partial charge >= 0.3 is 19.8 Å². The zero-order valence-corrected chi connectivity index (χ0v) is 31.8. The van der Waals surface area contributed by atoms with E-state index in [9.17, 15) is 29.3 Å². The number of esters is 2. The smallest absolute Gasteiger partial charge is 0.462 e. The third-order valence-corrected chi connectivity index (χ3v) is 8.47. The molecule has 1 unspecified atom stereocenters. The molecule has 12 heteroatoms. The number of hydrogen-bond donors (Lipinski definition) is 4. The van der Waals surface area contributed by atoms with Gasteiger partial charge < -0.3 is 29.7 Å². The van der Waals surface area contributed by atoms with E-state index in [1.807, 2.05) is 12.2 Å². The summed E-state index contributed by atoms with van der Waals surface area (Å²) in [5.41, 5.74) is 0. The highest BCUT2D eigenvalue weighted by molar-refractivity contribution is 7.47. The molecule has 0 aromatic rings. The van der Waals surface area contributed by atoms with E-state index < -0.39 is 64.5 Å². The van der Waals surface area contributed by atoms with Gasteiger partial charge in [-0.05, 0) is 50.9 Å². The Morgan fingerprint density at radius 1 is 0.720 bits per heavy atom. The normalized spacial score (nSPS) is 15.4. The predicted molar refractivity (Wildman–Crippen MR) is 197 cm³/mol. The van der Waals surface area contributed by atoms with E-state index in [2.05, 4.69) is 49.6 Å². The molecular weight excluding hydrogens is 663 g/mol. The van der Waals surface area contributed by atoms with Gasteiger partial charge in [-0.1, -0.05) is 121 Å². The molecule has 0 aliphatic rings. The van der Waals surface area contributed by atoms with Crippen molar-refractivity contribution in [3.63, 3.8) is 0 Å². The summed E-state index contributed by atoms with van der Waals surface area (Å²) in [6.45, 7) is 4.30. The van der Waals surface area contributed by atoms with E-state index in [1.165, 1.54) is 32.1 Å². The summed E-state index contributed by atoms with van der Waals surface area (Å²) in [4.78, 5) is 34.7. The fourth-order valence-corrected chi connectivity index (χ4v) is 5.36. The first-order valence-corrected chi connectivity index (χ1v) is 20.1. The summed E-state index contributed by atoms with van der Waals surface area (Å²) < 4.78 is 32.3. The molecule has 0 rings (SSSR count). The van der Waals surface area contributed by atoms with E-state index in [1.54, 1.807) is 12.2 Å². The van der Waals surface area contributed by atoms with Gasteiger partial charge in [-0.15, -0.1) is 0 Å². The Balaban J connectivity index is 4.57. The van der Waals surface area contributed by atoms with Crippen molar-refractivity contribution in [2.75, 3.05) is 26.4 Å². The number of rotatable bonds is 33. The average Bonchev–Trinajstić information content (AvgIpc) is 3.08. The lowest BCUT2D eigenvalue weighted by atomic mass is 10.0. The number of carbonyl (C=O) groups excluding carboxylic acids is 2. The molecule has 4 atom stereocenters. The molecule has 0 spiro atoms. The number of phosphoric acid groups is 1. The predicted octanol–water partition coefficient (Wildman–Crippen LogP) is 7.82. The van der Waals surface area contributed by atoms with E-state index in [0.29, 0.717) is 25.2 Å². The van der Waals surface area contributed by atoms with Gasteiger partial charge in [0.25, 0.3) is 0 Å². The van der Waals surface area contributed by atoms with Crippen molar-refractivity contribution >= 4 is 19.8 Å². The molecule has 0 aromatic heterocycles. The van der Waals surface area contributed by atoms with Crippen LogP contribution >= 0.6 is 7.82 Å². The van der Waals surface area contributed by atoms with Crippen LogP contribution < -0.4 is 0 Å². The van der Waals surface area contributed by atoms with Crippen molar-refractivity contribution in [1.29, 1.82) is 0 Å². The van der Waals surface area contributed by atoms with Crippen molar-refractivity contribution in [3.05, 3.63) is 48.6 Å². The summed E-state index contributed by atoms with van der Waals surface area (Å²) in [5.74, 6) is -0.441. The van der Waals surface area contributed by atoms with Gasteiger partial charge in [-0.25, -0.2) is 4.57 Å². The summed E-state index contributed by atoms with van der Waals surface area (Å²) in [5, 5.41) is 28.4. The lowest BCUT2D eigenvalue weighted by Crippen LogP contribution is -2.30. The van der Waals surface area contributed by atoms with E-state index in [0.717, 1.165) is 44.9 Å². The lowest BCUT2D eigenvalue weighted by Gasteiger charge is -2.20. The molecule has 0 aliphatic carbocycles. The molecule has 0 saturated heterocycles. The number of unbranched alkanes of at least 4 members (excludes halogenated alkanes) is 8. The second-order valence-electron chi connectivity index (χ2n) is 12.9. The minimum Gasteiger partial charge on any atom is -0.462 e. The van der Waals surface area contributed by atoms with Crippen molar-refractivity contribution in [2.45, 2.75) is 148 Å². The van der Waals surface area contributed by atoms with Crippen LogP contribution in [0.2, 0.25) is 0 Å². The van der Waals surface area contributed by atoms with Crippen LogP contribution in [0.4, 0.5) is 0 Å². The summed E-state index contributed by atoms with van der Waals surface area (Å²) in [6.07, 6.45) is 27.3. The number of aliphatic hydroxyl groups is 3. The van der Waals surface area contributed by atoms with E-state index in [4.69, 9.17) is 19.1 Å². The Morgan fingerprint density at radius 2 is 1.36 bits per heavy atom. The van der Waals surface area contributed by atoms with Crippen LogP contribution in [0.3, 0.4) is 0 Å². The molecule has 0 saturated carbocycles. The number of aliphatic hydroxyl groups excluding tert-OH is 3. The maximum atomic E-state index is 12.5. The zero-order valence-electron chi connectivity index (χ0n) is 30.9. The molecule has 0 radical (unpaired) electrons. The van der Waals surface area contributed by atoms with Crippen molar-refractivity contribution in [3.8, 4) is 0 Å². The number of ether oxygens (including phenoxy) is 2. The number of hydrogen-bond acceptors (Lipinski definition) is 10. The zero-order chi connectivity index (χ0) is 37.3. The maximum absolute atomic E-state index is 12.5. The Hall–Kier alpha value is -2.11. The fraction of sp³-hybridized carbons (Fsp3) is 0.737. The van der Waals surface area contributed by atoms with Crippen molar-refractivity contribution in [2.24, 2.45) is 5.92 Å². The quantitative estimate of drug-likeness (QED) is 0.0171. The molecule has 50 heavy (non-hydrogen) atoms. The minimum atomic E-state index is -4.65. The first-order valence-electron chi connectivity index (χ1n) is 18.6. The third kappa shape index (κ3) is 33.1. The standard InChI is InChI=1S/C38H67O11P/c1-4-5-6-7-8-9-10-11-12-13-14-18-21-25-34(40)26-23-28-37(42)46-31-36(32-48-50(44,45)47-30-35(41)29-39)49-38(43)27-22-19-16-15-17-20-24-33(2)3/h8-9,11-12,14,18,21,25,33-36,39-41H,4-7,10,13,15-17,19-20,22-24,26-32H2,1-3H3,(H,44,45)/b9-8-,12-11-,18-14-,25-21+/t34-,35+,36-/m1/s1. The summed E-state index contributed by atoms with van der Waals surface area (Å²) >= 11 is 0. The van der Waals surface area contributed by atoms with Crippen LogP contribution in [0.5, 0.6) is 0 Å². The molecule has 4 N–H and O–H groups in total. The molecule has 0 bridgehead atoms. The molecular formula is C38H67O11P. The Labute approximate surface area is 301 Å². The molecule has 0 fully saturated rings. The van der Waals surface area contributed by atoms with Gasteiger partial charge in [0.15, 0.2) is 6.10 Å².